The summed E-state index contributed by atoms with van der Waals surface area (Å²) in [7, 11) is 1.61. The molecule has 0 fully saturated rings. The summed E-state index contributed by atoms with van der Waals surface area (Å²) in [4.78, 5) is 12.9. The van der Waals surface area contributed by atoms with Crippen LogP contribution in [0.5, 0.6) is 5.75 Å². The van der Waals surface area contributed by atoms with E-state index in [0.717, 1.165) is 15.1 Å². The first-order valence-corrected chi connectivity index (χ1v) is 6.92. The van der Waals surface area contributed by atoms with Crippen LogP contribution in [-0.2, 0) is 0 Å². The Morgan fingerprint density at radius 3 is 2.50 bits per heavy atom. The zero-order valence-corrected chi connectivity index (χ0v) is 12.1. The molecule has 0 N–H and O–H groups in total. The Morgan fingerprint density at radius 2 is 1.89 bits per heavy atom. The van der Waals surface area contributed by atoms with Crippen LogP contribution in [0.3, 0.4) is 0 Å². The molecule has 4 heteroatoms. The van der Waals surface area contributed by atoms with Gasteiger partial charge in [-0.3, -0.25) is 4.79 Å². The van der Waals surface area contributed by atoms with Crippen LogP contribution < -0.4 is 4.74 Å². The topological polar surface area (TPSA) is 26.3 Å². The van der Waals surface area contributed by atoms with Crippen molar-refractivity contribution in [3.05, 3.63) is 58.6 Å². The molecule has 2 aromatic carbocycles. The van der Waals surface area contributed by atoms with Crippen molar-refractivity contribution in [2.24, 2.45) is 0 Å². The Labute approximate surface area is 118 Å². The predicted molar refractivity (Wildman–Crippen MR) is 77.3 cm³/mol. The number of rotatable bonds is 3. The van der Waals surface area contributed by atoms with Crippen LogP contribution in [-0.4, -0.2) is 12.2 Å². The van der Waals surface area contributed by atoms with Gasteiger partial charge in [0.15, 0.2) is 0 Å². The van der Waals surface area contributed by atoms with E-state index in [1.165, 1.54) is 11.8 Å². The van der Waals surface area contributed by atoms with Crippen molar-refractivity contribution in [2.75, 3.05) is 7.11 Å². The van der Waals surface area contributed by atoms with Gasteiger partial charge < -0.3 is 4.74 Å². The number of carbonyl (C=O) groups excluding carboxylic acids is 1. The summed E-state index contributed by atoms with van der Waals surface area (Å²) in [5, 5.41) is 0.0349. The largest absolute Gasteiger partial charge is 0.496 e. The summed E-state index contributed by atoms with van der Waals surface area (Å²) in [6.45, 7) is 0. The third-order valence-electron chi connectivity index (χ3n) is 2.34. The first-order chi connectivity index (χ1) is 8.70. The maximum absolute atomic E-state index is 12.0. The fourth-order valence-electron chi connectivity index (χ4n) is 1.45. The zero-order chi connectivity index (χ0) is 13.0. The Bertz CT molecular complexity index is 555. The Hall–Kier alpha value is -1.26. The number of hydrogen-bond donors (Lipinski definition) is 0. The van der Waals surface area contributed by atoms with Crippen LogP contribution in [0.1, 0.15) is 10.4 Å². The van der Waals surface area contributed by atoms with Crippen molar-refractivity contribution in [2.45, 2.75) is 4.90 Å². The summed E-state index contributed by atoms with van der Waals surface area (Å²) in [5.74, 6) is 0.756. The zero-order valence-electron chi connectivity index (χ0n) is 9.72. The van der Waals surface area contributed by atoms with E-state index in [1.54, 1.807) is 7.11 Å². The Morgan fingerprint density at radius 1 is 1.17 bits per heavy atom. The van der Waals surface area contributed by atoms with Gasteiger partial charge in [-0.1, -0.05) is 30.3 Å². The van der Waals surface area contributed by atoms with Crippen molar-refractivity contribution >= 4 is 32.8 Å². The summed E-state index contributed by atoms with van der Waals surface area (Å²) < 4.78 is 5.99. The molecular formula is C14H11BrO2S. The SMILES string of the molecule is COc1ccc(SC(=O)c2ccccc2)cc1Br. The first-order valence-electron chi connectivity index (χ1n) is 5.31. The highest BCUT2D eigenvalue weighted by atomic mass is 79.9. The minimum absolute atomic E-state index is 0.0349. The lowest BCUT2D eigenvalue weighted by molar-refractivity contribution is 0.108. The molecule has 2 nitrogen and oxygen atoms in total. The number of carbonyl (C=O) groups is 1. The predicted octanol–water partition coefficient (Wildman–Crippen LogP) is 4.39. The molecule has 0 unspecified atom stereocenters. The van der Waals surface area contributed by atoms with Crippen LogP contribution in [0.4, 0.5) is 0 Å². The Balaban J connectivity index is 2.15. The van der Waals surface area contributed by atoms with E-state index >= 15 is 0 Å². The summed E-state index contributed by atoms with van der Waals surface area (Å²) in [6.07, 6.45) is 0. The molecule has 0 radical (unpaired) electrons. The van der Waals surface area contributed by atoms with Crippen LogP contribution in [0, 0.1) is 0 Å². The molecule has 0 heterocycles. The van der Waals surface area contributed by atoms with Crippen molar-refractivity contribution < 1.29 is 9.53 Å². The third kappa shape index (κ3) is 3.15. The van der Waals surface area contributed by atoms with Crippen LogP contribution in [0.15, 0.2) is 57.9 Å². The molecule has 2 rings (SSSR count). The molecular weight excluding hydrogens is 312 g/mol. The van der Waals surface area contributed by atoms with Gasteiger partial charge in [0.05, 0.1) is 11.6 Å². The minimum Gasteiger partial charge on any atom is -0.496 e. The van der Waals surface area contributed by atoms with Gasteiger partial charge in [0.25, 0.3) is 0 Å². The highest BCUT2D eigenvalue weighted by molar-refractivity contribution is 9.10. The summed E-state index contributed by atoms with van der Waals surface area (Å²) in [5.41, 5.74) is 0.703. The summed E-state index contributed by atoms with van der Waals surface area (Å²) in [6, 6.07) is 14.8. The number of halogens is 1. The first kappa shape index (κ1) is 13.2. The highest BCUT2D eigenvalue weighted by Gasteiger charge is 2.09. The molecule has 0 saturated carbocycles. The fourth-order valence-corrected chi connectivity index (χ4v) is 2.92. The van der Waals surface area contributed by atoms with Gasteiger partial charge in [-0.15, -0.1) is 0 Å². The number of thioether (sulfide) groups is 1. The van der Waals surface area contributed by atoms with Crippen LogP contribution >= 0.6 is 27.7 Å². The van der Waals surface area contributed by atoms with Gasteiger partial charge in [0, 0.05) is 10.5 Å². The third-order valence-corrected chi connectivity index (χ3v) is 3.87. The normalized spacial score (nSPS) is 10.1. The number of methoxy groups -OCH3 is 1. The van der Waals surface area contributed by atoms with Gasteiger partial charge in [0.2, 0.25) is 5.12 Å². The molecule has 0 aliphatic carbocycles. The highest BCUT2D eigenvalue weighted by Crippen LogP contribution is 2.31. The second-order valence-corrected chi connectivity index (χ2v) is 5.45. The minimum atomic E-state index is 0.0349. The molecule has 0 aromatic heterocycles. The van der Waals surface area contributed by atoms with Crippen molar-refractivity contribution in [3.63, 3.8) is 0 Å². The van der Waals surface area contributed by atoms with E-state index in [1.807, 2.05) is 48.5 Å². The smallest absolute Gasteiger partial charge is 0.224 e. The van der Waals surface area contributed by atoms with E-state index in [2.05, 4.69) is 15.9 Å². The summed E-state index contributed by atoms with van der Waals surface area (Å²) >= 11 is 4.61. The molecule has 2 aromatic rings. The van der Waals surface area contributed by atoms with E-state index in [0.29, 0.717) is 5.56 Å². The quantitative estimate of drug-likeness (QED) is 0.784. The average Bonchev–Trinajstić information content (AvgIpc) is 2.40. The molecule has 92 valence electrons. The molecule has 0 amide bonds. The molecule has 0 spiro atoms. The van der Waals surface area contributed by atoms with Gasteiger partial charge in [-0.2, -0.15) is 0 Å². The molecule has 0 atom stereocenters. The van der Waals surface area contributed by atoms with Crippen molar-refractivity contribution in [3.8, 4) is 5.75 Å². The molecule has 0 aliphatic rings. The molecule has 0 bridgehead atoms. The maximum atomic E-state index is 12.0. The number of benzene rings is 2. The van der Waals surface area contributed by atoms with E-state index < -0.39 is 0 Å². The van der Waals surface area contributed by atoms with Gasteiger partial charge in [-0.05, 0) is 45.9 Å². The number of ether oxygens (including phenoxy) is 1. The molecule has 0 aliphatic heterocycles. The van der Waals surface area contributed by atoms with Crippen molar-refractivity contribution in [1.29, 1.82) is 0 Å². The van der Waals surface area contributed by atoms with Gasteiger partial charge in [0.1, 0.15) is 5.75 Å². The van der Waals surface area contributed by atoms with Gasteiger partial charge >= 0.3 is 0 Å². The second-order valence-electron chi connectivity index (χ2n) is 3.55. The van der Waals surface area contributed by atoms with E-state index in [-0.39, 0.29) is 5.12 Å². The Kier molecular flexibility index (Phi) is 4.44. The van der Waals surface area contributed by atoms with E-state index in [9.17, 15) is 4.79 Å². The molecule has 18 heavy (non-hydrogen) atoms. The van der Waals surface area contributed by atoms with Gasteiger partial charge in [-0.25, -0.2) is 0 Å². The lowest BCUT2D eigenvalue weighted by Gasteiger charge is -2.05. The lowest BCUT2D eigenvalue weighted by Crippen LogP contribution is -1.92. The number of hydrogen-bond acceptors (Lipinski definition) is 3. The second kappa shape index (κ2) is 6.07. The van der Waals surface area contributed by atoms with Crippen molar-refractivity contribution in [1.82, 2.24) is 0 Å². The van der Waals surface area contributed by atoms with Crippen LogP contribution in [0.25, 0.3) is 0 Å². The maximum Gasteiger partial charge on any atom is 0.224 e. The average molecular weight is 323 g/mol. The molecule has 0 saturated heterocycles. The standard InChI is InChI=1S/C14H11BrO2S/c1-17-13-8-7-11(9-12(13)15)18-14(16)10-5-3-2-4-6-10/h2-9H,1H3. The lowest BCUT2D eigenvalue weighted by atomic mass is 10.2. The monoisotopic (exact) mass is 322 g/mol. The van der Waals surface area contributed by atoms with E-state index in [4.69, 9.17) is 4.74 Å². The fraction of sp³-hybridized carbons (Fsp3) is 0.0714. The van der Waals surface area contributed by atoms with Crippen LogP contribution in [0.2, 0.25) is 0 Å².